The minimum Gasteiger partial charge on any atom is -0.384 e. The molecule has 0 bridgehead atoms. The van der Waals surface area contributed by atoms with Crippen LogP contribution in [0.25, 0.3) is 0 Å². The van der Waals surface area contributed by atoms with Crippen molar-refractivity contribution >= 4 is 5.69 Å². The summed E-state index contributed by atoms with van der Waals surface area (Å²) in [5.74, 6) is 0. The maximum atomic E-state index is 3.28. The van der Waals surface area contributed by atoms with E-state index in [1.165, 1.54) is 5.69 Å². The van der Waals surface area contributed by atoms with E-state index in [2.05, 4.69) is 22.8 Å². The molecule has 13 heavy (non-hydrogen) atoms. The molecule has 0 radical (unpaired) electrons. The molecule has 1 aromatic rings. The van der Waals surface area contributed by atoms with Crippen LogP contribution in [0, 0.1) is 0 Å². The molecule has 0 unspecified atom stereocenters. The Labute approximate surface area is 81.4 Å². The Hall–Kier alpha value is -1.02. The first-order chi connectivity index (χ1) is 6.43. The number of hydrogen-bond acceptors (Lipinski definition) is 2. The Bertz CT molecular complexity index is 185. The Morgan fingerprint density at radius 2 is 1.62 bits per heavy atom. The number of para-hydroxylation sites is 1. The van der Waals surface area contributed by atoms with Gasteiger partial charge in [0.05, 0.1) is 0 Å². The van der Waals surface area contributed by atoms with Crippen LogP contribution in [0.15, 0.2) is 30.3 Å². The fourth-order valence-electron chi connectivity index (χ4n) is 0.888. The van der Waals surface area contributed by atoms with Crippen LogP contribution in [0.5, 0.6) is 0 Å². The van der Waals surface area contributed by atoms with Crippen LogP contribution in [-0.4, -0.2) is 20.1 Å². The number of likely N-dealkylation sites (N-methyl/N-ethyl adjacent to an activating group) is 1. The van der Waals surface area contributed by atoms with Crippen LogP contribution in [0.2, 0.25) is 0 Å². The fourth-order valence-corrected chi connectivity index (χ4v) is 0.888. The standard InChI is InChI=1S/C9H14N2.C2H6/c1-10-7-8-11-9-5-3-2-4-6-9;1-2/h2-6,10-11H,7-8H2,1H3;1-2H3. The van der Waals surface area contributed by atoms with Crippen molar-refractivity contribution in [2.24, 2.45) is 0 Å². The van der Waals surface area contributed by atoms with Gasteiger partial charge >= 0.3 is 0 Å². The third kappa shape index (κ3) is 6.17. The monoisotopic (exact) mass is 180 g/mol. The van der Waals surface area contributed by atoms with Crippen LogP contribution in [0.1, 0.15) is 13.8 Å². The molecule has 1 aromatic carbocycles. The second-order valence-electron chi connectivity index (χ2n) is 2.40. The van der Waals surface area contributed by atoms with Gasteiger partial charge in [-0.1, -0.05) is 32.0 Å². The van der Waals surface area contributed by atoms with Crippen LogP contribution >= 0.6 is 0 Å². The predicted octanol–water partition coefficient (Wildman–Crippen LogP) is 2.34. The summed E-state index contributed by atoms with van der Waals surface area (Å²) in [5.41, 5.74) is 1.18. The van der Waals surface area contributed by atoms with Crippen molar-refractivity contribution in [2.75, 3.05) is 25.5 Å². The summed E-state index contributed by atoms with van der Waals surface area (Å²) in [6.07, 6.45) is 0. The molecule has 0 saturated carbocycles. The molecule has 2 heteroatoms. The van der Waals surface area contributed by atoms with E-state index in [-0.39, 0.29) is 0 Å². The zero-order chi connectivity index (χ0) is 9.94. The highest BCUT2D eigenvalue weighted by molar-refractivity contribution is 5.42. The highest BCUT2D eigenvalue weighted by Gasteiger charge is 1.85. The smallest absolute Gasteiger partial charge is 0.0340 e. The van der Waals surface area contributed by atoms with Gasteiger partial charge in [-0.15, -0.1) is 0 Å². The predicted molar refractivity (Wildman–Crippen MR) is 60.2 cm³/mol. The van der Waals surface area contributed by atoms with E-state index in [4.69, 9.17) is 0 Å². The van der Waals surface area contributed by atoms with Crippen LogP contribution < -0.4 is 10.6 Å². The quantitative estimate of drug-likeness (QED) is 0.695. The number of rotatable bonds is 4. The molecule has 2 N–H and O–H groups in total. The van der Waals surface area contributed by atoms with Crippen molar-refractivity contribution in [3.05, 3.63) is 30.3 Å². The molecule has 0 aromatic heterocycles. The SMILES string of the molecule is CC.CNCCNc1ccccc1. The summed E-state index contributed by atoms with van der Waals surface area (Å²) in [5, 5.41) is 6.36. The molecule has 0 spiro atoms. The van der Waals surface area contributed by atoms with Gasteiger partial charge in [-0.25, -0.2) is 0 Å². The van der Waals surface area contributed by atoms with E-state index in [1.54, 1.807) is 0 Å². The van der Waals surface area contributed by atoms with Crippen LogP contribution in [0.3, 0.4) is 0 Å². The van der Waals surface area contributed by atoms with Crippen molar-refractivity contribution in [1.82, 2.24) is 5.32 Å². The second-order valence-corrected chi connectivity index (χ2v) is 2.40. The highest BCUT2D eigenvalue weighted by atomic mass is 14.9. The highest BCUT2D eigenvalue weighted by Crippen LogP contribution is 2.02. The average molecular weight is 180 g/mol. The zero-order valence-electron chi connectivity index (χ0n) is 8.80. The summed E-state index contributed by atoms with van der Waals surface area (Å²) in [4.78, 5) is 0. The third-order valence-corrected chi connectivity index (χ3v) is 1.48. The van der Waals surface area contributed by atoms with E-state index in [9.17, 15) is 0 Å². The number of anilines is 1. The van der Waals surface area contributed by atoms with Crippen molar-refractivity contribution < 1.29 is 0 Å². The molecule has 0 heterocycles. The van der Waals surface area contributed by atoms with Gasteiger partial charge in [-0.2, -0.15) is 0 Å². The number of hydrogen-bond donors (Lipinski definition) is 2. The fraction of sp³-hybridized carbons (Fsp3) is 0.455. The molecule has 74 valence electrons. The lowest BCUT2D eigenvalue weighted by Gasteiger charge is -2.04. The Morgan fingerprint density at radius 1 is 1.00 bits per heavy atom. The van der Waals surface area contributed by atoms with E-state index >= 15 is 0 Å². The maximum absolute atomic E-state index is 3.28. The average Bonchev–Trinajstić information content (AvgIpc) is 2.23. The van der Waals surface area contributed by atoms with Crippen LogP contribution in [-0.2, 0) is 0 Å². The normalized spacial score (nSPS) is 8.54. The maximum Gasteiger partial charge on any atom is 0.0340 e. The Balaban J connectivity index is 0.000000671. The minimum atomic E-state index is 0.973. The van der Waals surface area contributed by atoms with Gasteiger partial charge in [0.2, 0.25) is 0 Å². The van der Waals surface area contributed by atoms with E-state index < -0.39 is 0 Å². The molecule has 0 atom stereocenters. The van der Waals surface area contributed by atoms with Gasteiger partial charge in [0, 0.05) is 18.8 Å². The van der Waals surface area contributed by atoms with E-state index in [0.717, 1.165) is 13.1 Å². The molecule has 0 aliphatic carbocycles. The molecule has 2 nitrogen and oxygen atoms in total. The van der Waals surface area contributed by atoms with Gasteiger partial charge in [0.1, 0.15) is 0 Å². The summed E-state index contributed by atoms with van der Waals surface area (Å²) >= 11 is 0. The second kappa shape index (κ2) is 9.07. The summed E-state index contributed by atoms with van der Waals surface area (Å²) in [6, 6.07) is 10.2. The van der Waals surface area contributed by atoms with Gasteiger partial charge in [-0.3, -0.25) is 0 Å². The Kier molecular flexibility index (Phi) is 8.36. The van der Waals surface area contributed by atoms with Gasteiger partial charge < -0.3 is 10.6 Å². The summed E-state index contributed by atoms with van der Waals surface area (Å²) in [6.45, 7) is 5.97. The van der Waals surface area contributed by atoms with Gasteiger partial charge in [0.25, 0.3) is 0 Å². The summed E-state index contributed by atoms with van der Waals surface area (Å²) < 4.78 is 0. The van der Waals surface area contributed by atoms with Crippen molar-refractivity contribution in [3.63, 3.8) is 0 Å². The molecular formula is C11H20N2. The molecule has 0 aliphatic rings. The first-order valence-corrected chi connectivity index (χ1v) is 4.87. The number of benzene rings is 1. The molecule has 0 fully saturated rings. The van der Waals surface area contributed by atoms with Crippen molar-refractivity contribution in [3.8, 4) is 0 Å². The molecule has 0 amide bonds. The topological polar surface area (TPSA) is 24.1 Å². The lowest BCUT2D eigenvalue weighted by Crippen LogP contribution is -2.17. The van der Waals surface area contributed by atoms with Crippen molar-refractivity contribution in [2.45, 2.75) is 13.8 Å². The largest absolute Gasteiger partial charge is 0.384 e. The number of nitrogens with one attached hydrogen (secondary N) is 2. The van der Waals surface area contributed by atoms with E-state index in [1.807, 2.05) is 39.1 Å². The lowest BCUT2D eigenvalue weighted by molar-refractivity contribution is 0.824. The molecule has 0 aliphatic heterocycles. The third-order valence-electron chi connectivity index (χ3n) is 1.48. The first kappa shape index (κ1) is 12.0. The summed E-state index contributed by atoms with van der Waals surface area (Å²) in [7, 11) is 1.95. The van der Waals surface area contributed by atoms with Gasteiger partial charge in [0.15, 0.2) is 0 Å². The lowest BCUT2D eigenvalue weighted by atomic mass is 10.3. The molecule has 1 rings (SSSR count). The van der Waals surface area contributed by atoms with Crippen LogP contribution in [0.4, 0.5) is 5.69 Å². The molecule has 0 saturated heterocycles. The zero-order valence-corrected chi connectivity index (χ0v) is 8.80. The molecular weight excluding hydrogens is 160 g/mol. The Morgan fingerprint density at radius 3 is 2.15 bits per heavy atom. The minimum absolute atomic E-state index is 0.973. The van der Waals surface area contributed by atoms with Crippen molar-refractivity contribution in [1.29, 1.82) is 0 Å². The van der Waals surface area contributed by atoms with Gasteiger partial charge in [-0.05, 0) is 19.2 Å². The van der Waals surface area contributed by atoms with E-state index in [0.29, 0.717) is 0 Å². The first-order valence-electron chi connectivity index (χ1n) is 4.87.